The minimum atomic E-state index is -0.0466. The molecule has 3 aliphatic carbocycles. The summed E-state index contributed by atoms with van der Waals surface area (Å²) in [4.78, 5) is 13.7. The van der Waals surface area contributed by atoms with Gasteiger partial charge in [0.15, 0.2) is 0 Å². The Morgan fingerprint density at radius 3 is 1.90 bits per heavy atom. The number of nitrogens with one attached hydrogen (secondary N) is 1. The molecule has 2 atom stereocenters. The van der Waals surface area contributed by atoms with Crippen molar-refractivity contribution in [3.63, 3.8) is 0 Å². The van der Waals surface area contributed by atoms with Gasteiger partial charge in [-0.15, -0.1) is 0 Å². The van der Waals surface area contributed by atoms with Crippen LogP contribution in [0.15, 0.2) is 66.7 Å². The van der Waals surface area contributed by atoms with E-state index in [1.54, 1.807) is 0 Å². The smallest absolute Gasteiger partial charge is 0.228 e. The van der Waals surface area contributed by atoms with E-state index < -0.39 is 0 Å². The number of rotatable bonds is 3. The van der Waals surface area contributed by atoms with Gasteiger partial charge >= 0.3 is 0 Å². The van der Waals surface area contributed by atoms with E-state index in [1.165, 1.54) is 27.8 Å². The number of benzene rings is 3. The summed E-state index contributed by atoms with van der Waals surface area (Å²) in [6.07, 6.45) is 0.995. The molecule has 0 unspecified atom stereocenters. The fourth-order valence-electron chi connectivity index (χ4n) is 5.73. The van der Waals surface area contributed by atoms with Crippen molar-refractivity contribution < 1.29 is 4.79 Å². The number of amides is 1. The van der Waals surface area contributed by atoms with Crippen LogP contribution in [0.25, 0.3) is 0 Å². The molecule has 2 bridgehead atoms. The fraction of sp³-hybridized carbons (Fsp3) is 0.296. The Morgan fingerprint density at radius 2 is 1.34 bits per heavy atom. The van der Waals surface area contributed by atoms with E-state index in [4.69, 9.17) is 0 Å². The number of fused-ring (bicyclic) bond motifs is 1. The third kappa shape index (κ3) is 2.66. The van der Waals surface area contributed by atoms with Gasteiger partial charge in [-0.3, -0.25) is 4.79 Å². The number of carbonyl (C=O) groups is 1. The van der Waals surface area contributed by atoms with Crippen LogP contribution < -0.4 is 5.32 Å². The second-order valence-electron chi connectivity index (χ2n) is 8.55. The molecule has 0 saturated carbocycles. The summed E-state index contributed by atoms with van der Waals surface area (Å²) in [5, 5.41) is 3.29. The van der Waals surface area contributed by atoms with Crippen molar-refractivity contribution in [2.75, 3.05) is 5.32 Å². The Hall–Kier alpha value is -2.87. The van der Waals surface area contributed by atoms with E-state index in [0.717, 1.165) is 17.7 Å². The van der Waals surface area contributed by atoms with E-state index in [-0.39, 0.29) is 17.7 Å². The molecule has 0 spiro atoms. The maximum atomic E-state index is 13.7. The van der Waals surface area contributed by atoms with Crippen molar-refractivity contribution in [1.29, 1.82) is 0 Å². The normalized spacial score (nSPS) is 24.0. The maximum absolute atomic E-state index is 13.7. The molecule has 146 valence electrons. The Kier molecular flexibility index (Phi) is 4.31. The molecule has 2 nitrogen and oxygen atoms in total. The van der Waals surface area contributed by atoms with E-state index in [0.29, 0.717) is 11.8 Å². The SMILES string of the molecule is CC[C@H]1C2c3ccccc3C(c3ccccc32)[C@@H]1C(=O)Nc1cccc(C)c1C. The lowest BCUT2D eigenvalue weighted by atomic mass is 9.53. The zero-order valence-corrected chi connectivity index (χ0v) is 17.3. The molecule has 6 rings (SSSR count). The second kappa shape index (κ2) is 6.88. The van der Waals surface area contributed by atoms with Gasteiger partial charge in [-0.1, -0.05) is 74.0 Å². The first-order chi connectivity index (χ1) is 14.1. The first-order valence-corrected chi connectivity index (χ1v) is 10.7. The van der Waals surface area contributed by atoms with Crippen molar-refractivity contribution in [2.24, 2.45) is 11.8 Å². The number of anilines is 1. The van der Waals surface area contributed by atoms with Gasteiger partial charge < -0.3 is 5.32 Å². The van der Waals surface area contributed by atoms with Gasteiger partial charge in [-0.2, -0.15) is 0 Å². The topological polar surface area (TPSA) is 29.1 Å². The van der Waals surface area contributed by atoms with Crippen LogP contribution in [-0.4, -0.2) is 5.91 Å². The zero-order chi connectivity index (χ0) is 20.1. The van der Waals surface area contributed by atoms with Crippen LogP contribution in [0, 0.1) is 25.7 Å². The standard InChI is InChI=1S/C27H27NO/c1-4-18-24-19-11-5-7-13-21(19)25(22-14-8-6-12-20(22)24)26(18)27(29)28-23-15-9-10-16(2)17(23)3/h5-15,18,24-26H,4H2,1-3H3,(H,28,29)/t18-,24?,25?,26+/m0/s1. The molecule has 0 aromatic heterocycles. The fourth-order valence-corrected chi connectivity index (χ4v) is 5.73. The lowest BCUT2D eigenvalue weighted by Crippen LogP contribution is -2.45. The van der Waals surface area contributed by atoms with Crippen molar-refractivity contribution in [2.45, 2.75) is 39.0 Å². The second-order valence-corrected chi connectivity index (χ2v) is 8.55. The Morgan fingerprint density at radius 1 is 0.793 bits per heavy atom. The quantitative estimate of drug-likeness (QED) is 0.577. The lowest BCUT2D eigenvalue weighted by molar-refractivity contribution is -0.122. The van der Waals surface area contributed by atoms with Crippen LogP contribution in [0.3, 0.4) is 0 Å². The van der Waals surface area contributed by atoms with Crippen molar-refractivity contribution in [1.82, 2.24) is 0 Å². The van der Waals surface area contributed by atoms with Gasteiger partial charge in [0, 0.05) is 17.5 Å². The molecule has 0 fully saturated rings. The largest absolute Gasteiger partial charge is 0.326 e. The number of carbonyl (C=O) groups excluding carboxylic acids is 1. The van der Waals surface area contributed by atoms with Gasteiger partial charge in [0.2, 0.25) is 5.91 Å². The molecule has 2 heteroatoms. The highest BCUT2D eigenvalue weighted by Crippen LogP contribution is 2.59. The lowest BCUT2D eigenvalue weighted by Gasteiger charge is -2.50. The Bertz CT molecular complexity index is 1050. The molecule has 0 aliphatic heterocycles. The monoisotopic (exact) mass is 381 g/mol. The van der Waals surface area contributed by atoms with Crippen LogP contribution in [-0.2, 0) is 4.79 Å². The van der Waals surface area contributed by atoms with Gasteiger partial charge in [-0.25, -0.2) is 0 Å². The molecule has 0 heterocycles. The summed E-state index contributed by atoms with van der Waals surface area (Å²) in [5.74, 6) is 0.850. The minimum Gasteiger partial charge on any atom is -0.326 e. The highest BCUT2D eigenvalue weighted by atomic mass is 16.1. The van der Waals surface area contributed by atoms with Crippen LogP contribution in [0.5, 0.6) is 0 Å². The van der Waals surface area contributed by atoms with Gasteiger partial charge in [0.1, 0.15) is 0 Å². The third-order valence-corrected chi connectivity index (χ3v) is 7.22. The molecule has 29 heavy (non-hydrogen) atoms. The number of aryl methyl sites for hydroxylation is 1. The van der Waals surface area contributed by atoms with E-state index in [9.17, 15) is 4.79 Å². The van der Waals surface area contributed by atoms with Gasteiger partial charge in [0.05, 0.1) is 5.92 Å². The van der Waals surface area contributed by atoms with Gasteiger partial charge in [0.25, 0.3) is 0 Å². The average molecular weight is 382 g/mol. The van der Waals surface area contributed by atoms with Crippen molar-refractivity contribution >= 4 is 11.6 Å². The average Bonchev–Trinajstić information content (AvgIpc) is 2.76. The van der Waals surface area contributed by atoms with Crippen LogP contribution in [0.2, 0.25) is 0 Å². The first kappa shape index (κ1) is 18.2. The molecule has 0 saturated heterocycles. The zero-order valence-electron chi connectivity index (χ0n) is 17.3. The van der Waals surface area contributed by atoms with E-state index in [2.05, 4.69) is 80.7 Å². The minimum absolute atomic E-state index is 0.0466. The van der Waals surface area contributed by atoms with Crippen LogP contribution >= 0.6 is 0 Å². The highest BCUT2D eigenvalue weighted by molar-refractivity contribution is 5.95. The summed E-state index contributed by atoms with van der Waals surface area (Å²) in [6.45, 7) is 6.41. The van der Waals surface area contributed by atoms with E-state index in [1.807, 2.05) is 12.1 Å². The summed E-state index contributed by atoms with van der Waals surface area (Å²) in [5.41, 5.74) is 8.79. The Balaban J connectivity index is 1.62. The van der Waals surface area contributed by atoms with Crippen molar-refractivity contribution in [3.05, 3.63) is 100 Å². The molecule has 0 radical (unpaired) electrons. The van der Waals surface area contributed by atoms with E-state index >= 15 is 0 Å². The maximum Gasteiger partial charge on any atom is 0.228 e. The summed E-state index contributed by atoms with van der Waals surface area (Å²) >= 11 is 0. The van der Waals surface area contributed by atoms with Crippen LogP contribution in [0.4, 0.5) is 5.69 Å². The highest BCUT2D eigenvalue weighted by Gasteiger charge is 2.51. The third-order valence-electron chi connectivity index (χ3n) is 7.22. The van der Waals surface area contributed by atoms with Crippen molar-refractivity contribution in [3.8, 4) is 0 Å². The summed E-state index contributed by atoms with van der Waals surface area (Å²) in [7, 11) is 0. The molecule has 3 aromatic rings. The Labute approximate surface area is 173 Å². The number of hydrogen-bond acceptors (Lipinski definition) is 1. The molecular weight excluding hydrogens is 354 g/mol. The van der Waals surface area contributed by atoms with Crippen LogP contribution in [0.1, 0.15) is 58.6 Å². The molecular formula is C27H27NO. The first-order valence-electron chi connectivity index (χ1n) is 10.7. The summed E-state index contributed by atoms with van der Waals surface area (Å²) in [6, 6.07) is 23.6. The molecule has 1 N–H and O–H groups in total. The van der Waals surface area contributed by atoms with Gasteiger partial charge in [-0.05, 0) is 59.2 Å². The molecule has 1 amide bonds. The number of hydrogen-bond donors (Lipinski definition) is 1. The predicted molar refractivity (Wildman–Crippen MR) is 118 cm³/mol. The molecule has 3 aliphatic rings. The molecule has 3 aromatic carbocycles. The predicted octanol–water partition coefficient (Wildman–Crippen LogP) is 6.18. The summed E-state index contributed by atoms with van der Waals surface area (Å²) < 4.78 is 0.